The molecule has 3 nitrogen and oxygen atoms in total. The Bertz CT molecular complexity index is 231. The summed E-state index contributed by atoms with van der Waals surface area (Å²) in [5, 5.41) is 2.76. The molecule has 0 amide bonds. The van der Waals surface area contributed by atoms with Crippen molar-refractivity contribution in [1.82, 2.24) is 10.3 Å². The topological polar surface area (TPSA) is 34.1 Å². The summed E-state index contributed by atoms with van der Waals surface area (Å²) >= 11 is 0. The first-order valence-electron chi connectivity index (χ1n) is 4.21. The number of halogens is 1. The Labute approximate surface area is 77.9 Å². The van der Waals surface area contributed by atoms with E-state index in [1.807, 2.05) is 13.8 Å². The first-order chi connectivity index (χ1) is 6.33. The van der Waals surface area contributed by atoms with E-state index < -0.39 is 5.82 Å². The highest BCUT2D eigenvalue weighted by atomic mass is 19.1. The third kappa shape index (κ3) is 5.14. The van der Waals surface area contributed by atoms with Gasteiger partial charge in [-0.2, -0.15) is 0 Å². The molecule has 0 unspecified atom stereocenters. The molecule has 0 aliphatic rings. The van der Waals surface area contributed by atoms with Crippen LogP contribution >= 0.6 is 0 Å². The molecule has 74 valence electrons. The number of hydrogen-bond acceptors (Lipinski definition) is 3. The van der Waals surface area contributed by atoms with Crippen LogP contribution in [0.4, 0.5) is 4.39 Å². The zero-order chi connectivity index (χ0) is 10.1. The van der Waals surface area contributed by atoms with Crippen molar-refractivity contribution >= 4 is 0 Å². The van der Waals surface area contributed by atoms with Crippen molar-refractivity contribution < 1.29 is 9.13 Å². The van der Waals surface area contributed by atoms with Crippen molar-refractivity contribution in [3.8, 4) is 5.75 Å². The van der Waals surface area contributed by atoms with Crippen LogP contribution in [0.15, 0.2) is 18.5 Å². The minimum Gasteiger partial charge on any atom is -0.477 e. The molecule has 0 bridgehead atoms. The number of hydrogen-bond donors (Lipinski definition) is 1. The van der Waals surface area contributed by atoms with Crippen molar-refractivity contribution in [2.45, 2.75) is 13.8 Å². The highest BCUT2D eigenvalue weighted by Crippen LogP contribution is 2.08. The van der Waals surface area contributed by atoms with E-state index in [-0.39, 0.29) is 0 Å². The molecule has 1 aromatic rings. The molecule has 1 aromatic heterocycles. The summed E-state index contributed by atoms with van der Waals surface area (Å²) < 4.78 is 17.5. The fourth-order valence-electron chi connectivity index (χ4n) is 0.627. The van der Waals surface area contributed by atoms with Crippen LogP contribution in [0.1, 0.15) is 13.8 Å². The lowest BCUT2D eigenvalue weighted by atomic mass is 10.4. The Hall–Kier alpha value is -1.16. The van der Waals surface area contributed by atoms with E-state index in [1.165, 1.54) is 12.3 Å². The van der Waals surface area contributed by atoms with Crippen LogP contribution in [0.25, 0.3) is 0 Å². The van der Waals surface area contributed by atoms with E-state index >= 15 is 0 Å². The SMILES string of the molecule is CC.CNCOc1cncc(F)c1. The molecule has 0 fully saturated rings. The minimum atomic E-state index is -0.390. The fraction of sp³-hybridized carbons (Fsp3) is 0.444. The predicted octanol–water partition coefficient (Wildman–Crippen LogP) is 1.80. The Morgan fingerprint density at radius 3 is 2.69 bits per heavy atom. The Balaban J connectivity index is 0.000000671. The Morgan fingerprint density at radius 2 is 2.15 bits per heavy atom. The van der Waals surface area contributed by atoms with Crippen LogP contribution in [0.3, 0.4) is 0 Å². The summed E-state index contributed by atoms with van der Waals surface area (Å²) in [6.45, 7) is 4.35. The highest BCUT2D eigenvalue weighted by Gasteiger charge is 1.94. The molecule has 0 saturated carbocycles. The number of nitrogens with zero attached hydrogens (tertiary/aromatic N) is 1. The fourth-order valence-corrected chi connectivity index (χ4v) is 0.627. The molecule has 0 atom stereocenters. The summed E-state index contributed by atoms with van der Waals surface area (Å²) in [6, 6.07) is 1.28. The van der Waals surface area contributed by atoms with Crippen LogP contribution in [0.5, 0.6) is 5.75 Å². The quantitative estimate of drug-likeness (QED) is 0.731. The summed E-state index contributed by atoms with van der Waals surface area (Å²) in [5.41, 5.74) is 0. The number of rotatable bonds is 3. The van der Waals surface area contributed by atoms with Gasteiger partial charge in [0.25, 0.3) is 0 Å². The lowest BCUT2D eigenvalue weighted by molar-refractivity contribution is 0.293. The van der Waals surface area contributed by atoms with Gasteiger partial charge < -0.3 is 4.74 Å². The third-order valence-corrected chi connectivity index (χ3v) is 1.06. The summed E-state index contributed by atoms with van der Waals surface area (Å²) in [6.07, 6.45) is 2.59. The molecular formula is C9H15FN2O. The number of aromatic nitrogens is 1. The maximum atomic E-state index is 12.4. The van der Waals surface area contributed by atoms with Crippen LogP contribution < -0.4 is 10.1 Å². The number of pyridine rings is 1. The van der Waals surface area contributed by atoms with Gasteiger partial charge in [-0.15, -0.1) is 0 Å². The second kappa shape index (κ2) is 7.49. The third-order valence-electron chi connectivity index (χ3n) is 1.06. The van der Waals surface area contributed by atoms with Gasteiger partial charge in [-0.25, -0.2) is 4.39 Å². The standard InChI is InChI=1S/C7H9FN2O.C2H6/c1-9-5-11-7-2-6(8)3-10-4-7;1-2/h2-4,9H,5H2,1H3;1-2H3. The second-order valence-corrected chi connectivity index (χ2v) is 1.98. The smallest absolute Gasteiger partial charge is 0.145 e. The van der Waals surface area contributed by atoms with Gasteiger partial charge in [0.15, 0.2) is 0 Å². The van der Waals surface area contributed by atoms with Gasteiger partial charge in [0.2, 0.25) is 0 Å². The molecule has 1 heterocycles. The molecule has 0 aromatic carbocycles. The van der Waals surface area contributed by atoms with Crippen LogP contribution in [-0.2, 0) is 0 Å². The molecule has 4 heteroatoms. The summed E-state index contributed by atoms with van der Waals surface area (Å²) in [7, 11) is 1.74. The van der Waals surface area contributed by atoms with Gasteiger partial charge in [-0.3, -0.25) is 10.3 Å². The first kappa shape index (κ1) is 11.8. The molecular weight excluding hydrogens is 171 g/mol. The second-order valence-electron chi connectivity index (χ2n) is 1.98. The molecule has 0 saturated heterocycles. The zero-order valence-corrected chi connectivity index (χ0v) is 8.17. The van der Waals surface area contributed by atoms with Gasteiger partial charge in [0.1, 0.15) is 18.3 Å². The van der Waals surface area contributed by atoms with Gasteiger partial charge >= 0.3 is 0 Å². The van der Waals surface area contributed by atoms with Crippen molar-refractivity contribution in [2.24, 2.45) is 0 Å². The van der Waals surface area contributed by atoms with Crippen molar-refractivity contribution in [3.63, 3.8) is 0 Å². The maximum absolute atomic E-state index is 12.4. The largest absolute Gasteiger partial charge is 0.477 e. The maximum Gasteiger partial charge on any atom is 0.145 e. The van der Waals surface area contributed by atoms with E-state index in [9.17, 15) is 4.39 Å². The van der Waals surface area contributed by atoms with Crippen LogP contribution in [0.2, 0.25) is 0 Å². The Kier molecular flexibility index (Phi) is 6.82. The number of nitrogens with one attached hydrogen (secondary N) is 1. The minimum absolute atomic E-state index is 0.352. The lowest BCUT2D eigenvalue weighted by Crippen LogP contribution is -2.14. The van der Waals surface area contributed by atoms with Crippen LogP contribution in [0, 0.1) is 5.82 Å². The summed E-state index contributed by atoms with van der Waals surface area (Å²) in [5.74, 6) is 0.0398. The molecule has 0 aliphatic carbocycles. The average Bonchev–Trinajstić information content (AvgIpc) is 2.18. The molecule has 1 N–H and O–H groups in total. The van der Waals surface area contributed by atoms with Gasteiger partial charge in [-0.1, -0.05) is 13.8 Å². The van der Waals surface area contributed by atoms with E-state index in [0.29, 0.717) is 12.5 Å². The van der Waals surface area contributed by atoms with E-state index in [0.717, 1.165) is 6.20 Å². The monoisotopic (exact) mass is 186 g/mol. The van der Waals surface area contributed by atoms with E-state index in [1.54, 1.807) is 7.05 Å². The molecule has 0 spiro atoms. The van der Waals surface area contributed by atoms with Crippen molar-refractivity contribution in [1.29, 1.82) is 0 Å². The van der Waals surface area contributed by atoms with Gasteiger partial charge in [0, 0.05) is 6.07 Å². The normalized spacial score (nSPS) is 8.62. The molecule has 0 radical (unpaired) electrons. The summed E-state index contributed by atoms with van der Waals surface area (Å²) in [4.78, 5) is 3.61. The Morgan fingerprint density at radius 1 is 1.46 bits per heavy atom. The predicted molar refractivity (Wildman–Crippen MR) is 50.1 cm³/mol. The molecule has 0 aliphatic heterocycles. The molecule has 1 rings (SSSR count). The average molecular weight is 186 g/mol. The lowest BCUT2D eigenvalue weighted by Gasteiger charge is -2.02. The highest BCUT2D eigenvalue weighted by molar-refractivity contribution is 5.16. The van der Waals surface area contributed by atoms with Crippen molar-refractivity contribution in [2.75, 3.05) is 13.8 Å². The van der Waals surface area contributed by atoms with Crippen molar-refractivity contribution in [3.05, 3.63) is 24.3 Å². The van der Waals surface area contributed by atoms with Gasteiger partial charge in [0.05, 0.1) is 12.4 Å². The number of ether oxygens (including phenoxy) is 1. The van der Waals surface area contributed by atoms with Crippen LogP contribution in [-0.4, -0.2) is 18.8 Å². The molecule has 13 heavy (non-hydrogen) atoms. The zero-order valence-electron chi connectivity index (χ0n) is 8.17. The van der Waals surface area contributed by atoms with E-state index in [4.69, 9.17) is 4.74 Å². The van der Waals surface area contributed by atoms with Gasteiger partial charge in [-0.05, 0) is 7.05 Å². The first-order valence-corrected chi connectivity index (χ1v) is 4.21. The van der Waals surface area contributed by atoms with E-state index in [2.05, 4.69) is 10.3 Å².